The number of Topliss-reactive ketones (excluding diaryl/α,β-unsaturated/α-hetero) is 1. The molecule has 0 aromatic heterocycles. The molecule has 0 heterocycles. The summed E-state index contributed by atoms with van der Waals surface area (Å²) in [5.74, 6) is -0.0957. The van der Waals surface area contributed by atoms with Crippen LogP contribution in [0.3, 0.4) is 0 Å². The molecular weight excluding hydrogens is 168 g/mol. The summed E-state index contributed by atoms with van der Waals surface area (Å²) in [6.45, 7) is 3.82. The minimum atomic E-state index is -0.873. The van der Waals surface area contributed by atoms with Gasteiger partial charge in [-0.15, -0.1) is 0 Å². The molecule has 3 heteroatoms. The van der Waals surface area contributed by atoms with Gasteiger partial charge in [0.2, 0.25) is 0 Å². The Kier molecular flexibility index (Phi) is 3.45. The van der Waals surface area contributed by atoms with Crippen LogP contribution in [0.15, 0.2) is 0 Å². The second-order valence-electron chi connectivity index (χ2n) is 4.28. The normalized spacial score (nSPS) is 41.7. The van der Waals surface area contributed by atoms with E-state index >= 15 is 0 Å². The molecule has 0 aromatic rings. The Balaban J connectivity index is 2.75. The highest BCUT2D eigenvalue weighted by Gasteiger charge is 2.34. The molecule has 4 unspecified atom stereocenters. The summed E-state index contributed by atoms with van der Waals surface area (Å²) in [6.07, 6.45) is 0.697. The van der Waals surface area contributed by atoms with Crippen LogP contribution >= 0.6 is 0 Å². The van der Waals surface area contributed by atoms with Crippen molar-refractivity contribution in [2.45, 2.75) is 32.8 Å². The Bertz CT molecular complexity index is 191. The largest absolute Gasteiger partial charge is 0.396 e. The minimum Gasteiger partial charge on any atom is -0.396 e. The fourth-order valence-electron chi connectivity index (χ4n) is 2.15. The molecule has 1 aliphatic rings. The Morgan fingerprint density at radius 3 is 2.54 bits per heavy atom. The highest BCUT2D eigenvalue weighted by atomic mass is 16.3. The van der Waals surface area contributed by atoms with Crippen LogP contribution in [0, 0.1) is 17.8 Å². The summed E-state index contributed by atoms with van der Waals surface area (Å²) in [5.41, 5.74) is 0. The SMILES string of the molecule is CC1CC(CO)C(=O)C(O)C(C)C1. The molecule has 1 rings (SSSR count). The van der Waals surface area contributed by atoms with E-state index in [2.05, 4.69) is 6.92 Å². The predicted octanol–water partition coefficient (Wildman–Crippen LogP) is 0.591. The second-order valence-corrected chi connectivity index (χ2v) is 4.28. The number of aliphatic hydroxyl groups excluding tert-OH is 2. The van der Waals surface area contributed by atoms with Gasteiger partial charge in [0.15, 0.2) is 5.78 Å². The molecule has 0 aliphatic heterocycles. The van der Waals surface area contributed by atoms with Crippen molar-refractivity contribution < 1.29 is 15.0 Å². The molecular formula is C10H18O3. The maximum Gasteiger partial charge on any atom is 0.166 e. The lowest BCUT2D eigenvalue weighted by Gasteiger charge is -2.15. The Morgan fingerprint density at radius 1 is 1.38 bits per heavy atom. The van der Waals surface area contributed by atoms with Crippen LogP contribution in [-0.2, 0) is 4.79 Å². The van der Waals surface area contributed by atoms with E-state index in [0.717, 1.165) is 6.42 Å². The van der Waals surface area contributed by atoms with Crippen LogP contribution in [-0.4, -0.2) is 28.7 Å². The van der Waals surface area contributed by atoms with Gasteiger partial charge in [-0.2, -0.15) is 0 Å². The van der Waals surface area contributed by atoms with Crippen molar-refractivity contribution in [2.75, 3.05) is 6.61 Å². The maximum absolute atomic E-state index is 11.5. The molecule has 0 aromatic carbocycles. The van der Waals surface area contributed by atoms with Crippen molar-refractivity contribution >= 4 is 5.78 Å². The lowest BCUT2D eigenvalue weighted by molar-refractivity contribution is -0.133. The van der Waals surface area contributed by atoms with E-state index in [1.165, 1.54) is 0 Å². The number of carbonyl (C=O) groups is 1. The monoisotopic (exact) mass is 186 g/mol. The molecule has 13 heavy (non-hydrogen) atoms. The third-order valence-electron chi connectivity index (χ3n) is 2.91. The van der Waals surface area contributed by atoms with E-state index in [1.807, 2.05) is 6.92 Å². The molecule has 0 radical (unpaired) electrons. The summed E-state index contributed by atoms with van der Waals surface area (Å²) >= 11 is 0. The van der Waals surface area contributed by atoms with Gasteiger partial charge in [0.1, 0.15) is 6.10 Å². The Hall–Kier alpha value is -0.410. The molecule has 4 atom stereocenters. The average Bonchev–Trinajstić information content (AvgIpc) is 2.18. The summed E-state index contributed by atoms with van der Waals surface area (Å²) < 4.78 is 0. The molecule has 76 valence electrons. The average molecular weight is 186 g/mol. The first-order valence-corrected chi connectivity index (χ1v) is 4.89. The predicted molar refractivity (Wildman–Crippen MR) is 49.2 cm³/mol. The molecule has 0 bridgehead atoms. The van der Waals surface area contributed by atoms with Crippen LogP contribution in [0.4, 0.5) is 0 Å². The molecule has 2 N–H and O–H groups in total. The van der Waals surface area contributed by atoms with Gasteiger partial charge in [-0.05, 0) is 24.7 Å². The van der Waals surface area contributed by atoms with Gasteiger partial charge in [-0.25, -0.2) is 0 Å². The summed E-state index contributed by atoms with van der Waals surface area (Å²) in [6, 6.07) is 0. The van der Waals surface area contributed by atoms with Crippen molar-refractivity contribution in [3.05, 3.63) is 0 Å². The molecule has 0 saturated heterocycles. The van der Waals surface area contributed by atoms with Gasteiger partial charge in [0.25, 0.3) is 0 Å². The highest BCUT2D eigenvalue weighted by Crippen LogP contribution is 2.28. The molecule has 1 aliphatic carbocycles. The summed E-state index contributed by atoms with van der Waals surface area (Å²) in [4.78, 5) is 11.5. The number of hydrogen-bond acceptors (Lipinski definition) is 3. The lowest BCUT2D eigenvalue weighted by Crippen LogP contribution is -2.32. The number of aliphatic hydroxyl groups is 2. The van der Waals surface area contributed by atoms with Gasteiger partial charge in [0.05, 0.1) is 6.61 Å². The standard InChI is InChI=1S/C10H18O3/c1-6-3-7(2)9(12)10(13)8(4-6)5-11/h6-9,11-12H,3-5H2,1-2H3. The van der Waals surface area contributed by atoms with E-state index < -0.39 is 6.10 Å². The van der Waals surface area contributed by atoms with Crippen LogP contribution in [0.1, 0.15) is 26.7 Å². The zero-order valence-electron chi connectivity index (χ0n) is 8.23. The fourth-order valence-corrected chi connectivity index (χ4v) is 2.15. The molecule has 1 saturated carbocycles. The maximum atomic E-state index is 11.5. The third kappa shape index (κ3) is 2.29. The zero-order chi connectivity index (χ0) is 10.0. The van der Waals surface area contributed by atoms with Gasteiger partial charge in [-0.3, -0.25) is 4.79 Å². The number of hydrogen-bond donors (Lipinski definition) is 2. The second kappa shape index (κ2) is 4.20. The summed E-state index contributed by atoms with van der Waals surface area (Å²) in [7, 11) is 0. The molecule has 1 fully saturated rings. The van der Waals surface area contributed by atoms with Crippen LogP contribution in [0.5, 0.6) is 0 Å². The smallest absolute Gasteiger partial charge is 0.166 e. The Labute approximate surface area is 78.8 Å². The topological polar surface area (TPSA) is 57.5 Å². The van der Waals surface area contributed by atoms with Crippen LogP contribution in [0.2, 0.25) is 0 Å². The van der Waals surface area contributed by atoms with Crippen molar-refractivity contribution in [3.8, 4) is 0 Å². The first-order chi connectivity index (χ1) is 6.06. The minimum absolute atomic E-state index is 0.0269. The van der Waals surface area contributed by atoms with Gasteiger partial charge in [-0.1, -0.05) is 13.8 Å². The van der Waals surface area contributed by atoms with E-state index in [9.17, 15) is 9.90 Å². The summed E-state index contributed by atoms with van der Waals surface area (Å²) in [5, 5.41) is 18.6. The Morgan fingerprint density at radius 2 is 2.00 bits per heavy atom. The van der Waals surface area contributed by atoms with Crippen molar-refractivity contribution in [1.82, 2.24) is 0 Å². The van der Waals surface area contributed by atoms with Crippen LogP contribution in [0.25, 0.3) is 0 Å². The zero-order valence-corrected chi connectivity index (χ0v) is 8.23. The van der Waals surface area contributed by atoms with Crippen molar-refractivity contribution in [1.29, 1.82) is 0 Å². The number of ketones is 1. The van der Waals surface area contributed by atoms with Gasteiger partial charge >= 0.3 is 0 Å². The highest BCUT2D eigenvalue weighted by molar-refractivity contribution is 5.85. The van der Waals surface area contributed by atoms with E-state index in [0.29, 0.717) is 12.3 Å². The first kappa shape index (κ1) is 10.7. The number of carbonyl (C=O) groups excluding carboxylic acids is 1. The van der Waals surface area contributed by atoms with Gasteiger partial charge < -0.3 is 10.2 Å². The quantitative estimate of drug-likeness (QED) is 0.589. The molecule has 3 nitrogen and oxygen atoms in total. The van der Waals surface area contributed by atoms with E-state index in [1.54, 1.807) is 0 Å². The van der Waals surface area contributed by atoms with Gasteiger partial charge in [0, 0.05) is 5.92 Å². The first-order valence-electron chi connectivity index (χ1n) is 4.89. The lowest BCUT2D eigenvalue weighted by atomic mass is 9.94. The van der Waals surface area contributed by atoms with E-state index in [-0.39, 0.29) is 24.2 Å². The van der Waals surface area contributed by atoms with Crippen molar-refractivity contribution in [3.63, 3.8) is 0 Å². The van der Waals surface area contributed by atoms with E-state index in [4.69, 9.17) is 5.11 Å². The molecule has 0 amide bonds. The third-order valence-corrected chi connectivity index (χ3v) is 2.91. The van der Waals surface area contributed by atoms with Crippen molar-refractivity contribution in [2.24, 2.45) is 17.8 Å². The molecule has 0 spiro atoms. The fraction of sp³-hybridized carbons (Fsp3) is 0.900. The number of rotatable bonds is 1. The van der Waals surface area contributed by atoms with Crippen LogP contribution < -0.4 is 0 Å².